The number of pyridine rings is 1. The third-order valence-electron chi connectivity index (χ3n) is 5.54. The molecule has 0 aliphatic carbocycles. The van der Waals surface area contributed by atoms with E-state index in [1.807, 2.05) is 59.3 Å². The Kier molecular flexibility index (Phi) is 5.94. The van der Waals surface area contributed by atoms with Crippen molar-refractivity contribution in [1.82, 2.24) is 29.6 Å². The molecule has 3 heterocycles. The lowest BCUT2D eigenvalue weighted by molar-refractivity contribution is 0.0950. The maximum absolute atomic E-state index is 13.0. The summed E-state index contributed by atoms with van der Waals surface area (Å²) < 4.78 is 3.36. The zero-order chi connectivity index (χ0) is 23.3. The number of benzene rings is 2. The third-order valence-corrected chi connectivity index (χ3v) is 5.54. The van der Waals surface area contributed by atoms with E-state index in [1.54, 1.807) is 36.9 Å². The molecule has 2 aromatic carbocycles. The van der Waals surface area contributed by atoms with Gasteiger partial charge in [-0.3, -0.25) is 14.6 Å². The van der Waals surface area contributed by atoms with Gasteiger partial charge in [0, 0.05) is 36.1 Å². The molecule has 0 radical (unpaired) electrons. The van der Waals surface area contributed by atoms with Crippen LogP contribution in [0.5, 0.6) is 0 Å². The number of aromatic nitrogens is 5. The van der Waals surface area contributed by atoms with Crippen molar-refractivity contribution in [1.29, 1.82) is 0 Å². The van der Waals surface area contributed by atoms with Gasteiger partial charge in [0.1, 0.15) is 0 Å². The fourth-order valence-corrected chi connectivity index (χ4v) is 3.81. The van der Waals surface area contributed by atoms with Crippen molar-refractivity contribution in [2.75, 3.05) is 0 Å². The second-order valence-corrected chi connectivity index (χ2v) is 7.89. The van der Waals surface area contributed by atoms with E-state index in [1.165, 1.54) is 4.68 Å². The summed E-state index contributed by atoms with van der Waals surface area (Å²) in [6, 6.07) is 20.3. The van der Waals surface area contributed by atoms with Crippen LogP contribution in [-0.2, 0) is 19.6 Å². The number of hydrogen-bond acceptors (Lipinski definition) is 5. The van der Waals surface area contributed by atoms with Gasteiger partial charge in [0.25, 0.3) is 11.5 Å². The average Bonchev–Trinajstić information content (AvgIpc) is 3.39. The molecule has 0 saturated carbocycles. The van der Waals surface area contributed by atoms with Gasteiger partial charge in [-0.15, -0.1) is 0 Å². The molecule has 5 aromatic rings. The first-order chi connectivity index (χ1) is 16.7. The Morgan fingerprint density at radius 1 is 0.882 bits per heavy atom. The van der Waals surface area contributed by atoms with Crippen LogP contribution in [0.4, 0.5) is 0 Å². The summed E-state index contributed by atoms with van der Waals surface area (Å²) >= 11 is 0. The molecule has 0 aliphatic rings. The number of rotatable bonds is 7. The maximum Gasteiger partial charge on any atom is 0.275 e. The van der Waals surface area contributed by atoms with E-state index < -0.39 is 0 Å². The van der Waals surface area contributed by atoms with Crippen LogP contribution in [0.15, 0.2) is 96.4 Å². The highest BCUT2D eigenvalue weighted by Crippen LogP contribution is 2.14. The van der Waals surface area contributed by atoms with Crippen LogP contribution >= 0.6 is 0 Å². The summed E-state index contributed by atoms with van der Waals surface area (Å²) in [5.41, 5.74) is 2.79. The lowest BCUT2D eigenvalue weighted by Gasteiger charge is -2.12. The predicted molar refractivity (Wildman–Crippen MR) is 128 cm³/mol. The Morgan fingerprint density at radius 3 is 2.41 bits per heavy atom. The highest BCUT2D eigenvalue weighted by atomic mass is 16.1. The van der Waals surface area contributed by atoms with Crippen molar-refractivity contribution in [3.63, 3.8) is 0 Å². The molecule has 8 nitrogen and oxygen atoms in total. The van der Waals surface area contributed by atoms with Crippen molar-refractivity contribution in [2.24, 2.45) is 0 Å². The Morgan fingerprint density at radius 2 is 1.68 bits per heavy atom. The van der Waals surface area contributed by atoms with Gasteiger partial charge < -0.3 is 9.88 Å². The Bertz CT molecular complexity index is 1480. The standard InChI is InChI=1S/C26H22N6O2/c33-25(20-10-8-19(9-11-20)16-31-14-13-27-18-31)29-15-24-22-6-1-2-7-23(22)26(34)32(30-24)17-21-5-3-4-12-28-21/h1-14,18H,15-17H2,(H,29,33). The van der Waals surface area contributed by atoms with Gasteiger partial charge in [-0.05, 0) is 35.9 Å². The van der Waals surface area contributed by atoms with Crippen molar-refractivity contribution in [3.8, 4) is 0 Å². The first-order valence-corrected chi connectivity index (χ1v) is 10.9. The normalized spacial score (nSPS) is 10.9. The molecule has 0 fully saturated rings. The van der Waals surface area contributed by atoms with E-state index in [-0.39, 0.29) is 24.6 Å². The minimum absolute atomic E-state index is 0.190. The molecule has 3 aromatic heterocycles. The van der Waals surface area contributed by atoms with Crippen LogP contribution in [-0.4, -0.2) is 30.2 Å². The maximum atomic E-state index is 13.0. The number of carbonyl (C=O) groups is 1. The predicted octanol–water partition coefficient (Wildman–Crippen LogP) is 3.01. The molecule has 0 aliphatic heterocycles. The monoisotopic (exact) mass is 450 g/mol. The van der Waals surface area contributed by atoms with E-state index in [2.05, 4.69) is 20.4 Å². The SMILES string of the molecule is O=C(NCc1nn(Cc2ccccn2)c(=O)c2ccccc12)c1ccc(Cn2ccnc2)cc1. The number of amides is 1. The van der Waals surface area contributed by atoms with Gasteiger partial charge >= 0.3 is 0 Å². The lowest BCUT2D eigenvalue weighted by Crippen LogP contribution is -2.29. The zero-order valence-electron chi connectivity index (χ0n) is 18.3. The first-order valence-electron chi connectivity index (χ1n) is 10.9. The molecular weight excluding hydrogens is 428 g/mol. The van der Waals surface area contributed by atoms with Gasteiger partial charge in [0.2, 0.25) is 0 Å². The molecule has 0 atom stereocenters. The number of nitrogens with one attached hydrogen (secondary N) is 1. The summed E-state index contributed by atoms with van der Waals surface area (Å²) in [4.78, 5) is 34.1. The average molecular weight is 451 g/mol. The number of hydrogen-bond donors (Lipinski definition) is 1. The van der Waals surface area contributed by atoms with E-state index in [0.29, 0.717) is 23.2 Å². The minimum Gasteiger partial charge on any atom is -0.346 e. The molecule has 8 heteroatoms. The second kappa shape index (κ2) is 9.50. The van der Waals surface area contributed by atoms with Gasteiger partial charge in [-0.1, -0.05) is 36.4 Å². The molecule has 168 valence electrons. The van der Waals surface area contributed by atoms with Gasteiger partial charge in [0.15, 0.2) is 0 Å². The number of fused-ring (bicyclic) bond motifs is 1. The fraction of sp³-hybridized carbons (Fsp3) is 0.115. The van der Waals surface area contributed by atoms with Crippen molar-refractivity contribution < 1.29 is 4.79 Å². The highest BCUT2D eigenvalue weighted by Gasteiger charge is 2.13. The number of carbonyl (C=O) groups excluding carboxylic acids is 1. The summed E-state index contributed by atoms with van der Waals surface area (Å²) in [6.45, 7) is 1.14. The molecule has 0 unspecified atom stereocenters. The molecule has 0 bridgehead atoms. The smallest absolute Gasteiger partial charge is 0.275 e. The van der Waals surface area contributed by atoms with Crippen LogP contribution in [0.3, 0.4) is 0 Å². The van der Waals surface area contributed by atoms with Gasteiger partial charge in [0.05, 0.1) is 36.2 Å². The van der Waals surface area contributed by atoms with E-state index >= 15 is 0 Å². The molecule has 34 heavy (non-hydrogen) atoms. The number of imidazole rings is 1. The van der Waals surface area contributed by atoms with Crippen LogP contribution in [0.25, 0.3) is 10.8 Å². The third kappa shape index (κ3) is 4.61. The fourth-order valence-electron chi connectivity index (χ4n) is 3.81. The molecule has 1 N–H and O–H groups in total. The van der Waals surface area contributed by atoms with Crippen molar-refractivity contribution >= 4 is 16.7 Å². The zero-order valence-corrected chi connectivity index (χ0v) is 18.3. The molecule has 0 saturated heterocycles. The van der Waals surface area contributed by atoms with Crippen LogP contribution in [0.1, 0.15) is 27.3 Å². The highest BCUT2D eigenvalue weighted by molar-refractivity contribution is 5.94. The van der Waals surface area contributed by atoms with E-state index in [9.17, 15) is 9.59 Å². The summed E-state index contributed by atoms with van der Waals surface area (Å²) in [5, 5.41) is 8.77. The van der Waals surface area contributed by atoms with Crippen molar-refractivity contribution in [2.45, 2.75) is 19.6 Å². The van der Waals surface area contributed by atoms with E-state index in [4.69, 9.17) is 0 Å². The lowest BCUT2D eigenvalue weighted by atomic mass is 10.1. The van der Waals surface area contributed by atoms with Crippen LogP contribution in [0.2, 0.25) is 0 Å². The topological polar surface area (TPSA) is 94.7 Å². The van der Waals surface area contributed by atoms with Crippen LogP contribution < -0.4 is 10.9 Å². The second-order valence-electron chi connectivity index (χ2n) is 7.89. The van der Waals surface area contributed by atoms with Gasteiger partial charge in [-0.2, -0.15) is 5.10 Å². The number of nitrogens with zero attached hydrogens (tertiary/aromatic N) is 5. The van der Waals surface area contributed by atoms with Crippen LogP contribution in [0, 0.1) is 0 Å². The molecular formula is C26H22N6O2. The Labute approximate surface area is 195 Å². The van der Waals surface area contributed by atoms with E-state index in [0.717, 1.165) is 16.6 Å². The Hall–Kier alpha value is -4.59. The van der Waals surface area contributed by atoms with Gasteiger partial charge in [-0.25, -0.2) is 9.67 Å². The van der Waals surface area contributed by atoms with Crippen molar-refractivity contribution in [3.05, 3.63) is 125 Å². The summed E-state index contributed by atoms with van der Waals surface area (Å²) in [5.74, 6) is -0.206. The largest absolute Gasteiger partial charge is 0.346 e. The minimum atomic E-state index is -0.206. The summed E-state index contributed by atoms with van der Waals surface area (Å²) in [7, 11) is 0. The Balaban J connectivity index is 1.35. The first kappa shape index (κ1) is 21.3. The summed E-state index contributed by atoms with van der Waals surface area (Å²) in [6.07, 6.45) is 7.07. The molecule has 5 rings (SSSR count). The molecule has 0 spiro atoms. The molecule has 1 amide bonds. The quantitative estimate of drug-likeness (QED) is 0.411.